The quantitative estimate of drug-likeness (QED) is 0.576. The van der Waals surface area contributed by atoms with Gasteiger partial charge in [0.1, 0.15) is 6.54 Å². The number of carbonyl (C=O) groups excluding carboxylic acids is 2. The lowest BCUT2D eigenvalue weighted by Crippen LogP contribution is -2.47. The highest BCUT2D eigenvalue weighted by atomic mass is 16.7. The molecule has 3 amide bonds. The van der Waals surface area contributed by atoms with E-state index in [4.69, 9.17) is 9.47 Å². The number of nitrogens with one attached hydrogen (secondary N) is 2. The van der Waals surface area contributed by atoms with Gasteiger partial charge in [-0.3, -0.25) is 4.79 Å². The van der Waals surface area contributed by atoms with Gasteiger partial charge in [-0.25, -0.2) is 4.79 Å². The zero-order valence-electron chi connectivity index (χ0n) is 10.1. The van der Waals surface area contributed by atoms with Gasteiger partial charge in [0.25, 0.3) is 0 Å². The second-order valence-electron chi connectivity index (χ2n) is 3.01. The highest BCUT2D eigenvalue weighted by molar-refractivity contribution is 5.83. The van der Waals surface area contributed by atoms with Crippen molar-refractivity contribution < 1.29 is 19.1 Å². The minimum atomic E-state index is -0.554. The first kappa shape index (κ1) is 14.7. The summed E-state index contributed by atoms with van der Waals surface area (Å²) in [7, 11) is 5.94. The molecule has 7 heteroatoms. The second kappa shape index (κ2) is 7.89. The smallest absolute Gasteiger partial charge is 0.317 e. The van der Waals surface area contributed by atoms with Crippen molar-refractivity contribution in [2.24, 2.45) is 0 Å². The fourth-order valence-corrected chi connectivity index (χ4v) is 1.06. The summed E-state index contributed by atoms with van der Waals surface area (Å²) >= 11 is 0. The van der Waals surface area contributed by atoms with Crippen molar-refractivity contribution >= 4 is 11.9 Å². The minimum Gasteiger partial charge on any atom is -0.358 e. The Morgan fingerprint density at radius 1 is 1.19 bits per heavy atom. The number of amides is 3. The molecule has 0 aliphatic rings. The standard InChI is InChI=1S/C9H19N3O4/c1-10-7(13)5-12(9(14)11-2)6-8(15-3)16-4/h8H,5-6H2,1-4H3,(H,10,13)(H,11,14). The third-order valence-electron chi connectivity index (χ3n) is 2.01. The number of rotatable bonds is 6. The summed E-state index contributed by atoms with van der Waals surface area (Å²) in [6.45, 7) is 0.138. The summed E-state index contributed by atoms with van der Waals surface area (Å²) in [6, 6.07) is -0.359. The van der Waals surface area contributed by atoms with Crippen molar-refractivity contribution in [1.82, 2.24) is 15.5 Å². The molecule has 0 spiro atoms. The fraction of sp³-hybridized carbons (Fsp3) is 0.778. The first-order valence-electron chi connectivity index (χ1n) is 4.81. The molecular formula is C9H19N3O4. The molecule has 0 aromatic carbocycles. The number of ether oxygens (including phenoxy) is 2. The molecule has 0 saturated carbocycles. The summed E-state index contributed by atoms with van der Waals surface area (Å²) in [5.41, 5.74) is 0. The van der Waals surface area contributed by atoms with Crippen LogP contribution < -0.4 is 10.6 Å². The SMILES string of the molecule is CNC(=O)CN(CC(OC)OC)C(=O)NC. The van der Waals surface area contributed by atoms with Crippen LogP contribution in [0.15, 0.2) is 0 Å². The normalized spacial score (nSPS) is 10.1. The molecule has 0 aliphatic heterocycles. The van der Waals surface area contributed by atoms with E-state index in [9.17, 15) is 9.59 Å². The molecule has 94 valence electrons. The summed E-state index contributed by atoms with van der Waals surface area (Å²) < 4.78 is 9.93. The topological polar surface area (TPSA) is 79.9 Å². The van der Waals surface area contributed by atoms with Crippen molar-refractivity contribution in [3.8, 4) is 0 Å². The van der Waals surface area contributed by atoms with Crippen molar-refractivity contribution in [2.75, 3.05) is 41.4 Å². The zero-order chi connectivity index (χ0) is 12.6. The average molecular weight is 233 g/mol. The van der Waals surface area contributed by atoms with Crippen LogP contribution in [0.2, 0.25) is 0 Å². The number of carbonyl (C=O) groups is 2. The predicted octanol–water partition coefficient (Wildman–Crippen LogP) is -1.01. The van der Waals surface area contributed by atoms with Crippen LogP contribution in [-0.2, 0) is 14.3 Å². The maximum atomic E-state index is 11.5. The number of urea groups is 1. The van der Waals surface area contributed by atoms with Gasteiger partial charge in [0.05, 0.1) is 6.54 Å². The summed E-state index contributed by atoms with van der Waals surface area (Å²) in [5.74, 6) is -0.255. The van der Waals surface area contributed by atoms with E-state index in [1.165, 1.54) is 33.2 Å². The van der Waals surface area contributed by atoms with Gasteiger partial charge in [-0.2, -0.15) is 0 Å². The Morgan fingerprint density at radius 2 is 1.75 bits per heavy atom. The molecule has 0 fully saturated rings. The lowest BCUT2D eigenvalue weighted by Gasteiger charge is -2.25. The predicted molar refractivity (Wildman–Crippen MR) is 57.9 cm³/mol. The highest BCUT2D eigenvalue weighted by Gasteiger charge is 2.19. The molecule has 0 aromatic heterocycles. The third-order valence-corrected chi connectivity index (χ3v) is 2.01. The minimum absolute atomic E-state index is 0.0423. The highest BCUT2D eigenvalue weighted by Crippen LogP contribution is 1.97. The molecule has 0 radical (unpaired) electrons. The number of hydrogen-bond donors (Lipinski definition) is 2. The van der Waals surface area contributed by atoms with Crippen LogP contribution >= 0.6 is 0 Å². The van der Waals surface area contributed by atoms with Crippen LogP contribution in [0.4, 0.5) is 4.79 Å². The van der Waals surface area contributed by atoms with E-state index in [-0.39, 0.29) is 25.0 Å². The Bertz CT molecular complexity index is 231. The third kappa shape index (κ3) is 4.94. The average Bonchev–Trinajstić information content (AvgIpc) is 2.32. The molecule has 0 unspecified atom stereocenters. The number of likely N-dealkylation sites (N-methyl/N-ethyl adjacent to an activating group) is 1. The van der Waals surface area contributed by atoms with E-state index in [0.717, 1.165) is 0 Å². The fourth-order valence-electron chi connectivity index (χ4n) is 1.06. The lowest BCUT2D eigenvalue weighted by atomic mass is 10.4. The van der Waals surface area contributed by atoms with Gasteiger partial charge in [0.2, 0.25) is 5.91 Å². The van der Waals surface area contributed by atoms with Crippen molar-refractivity contribution in [3.05, 3.63) is 0 Å². The van der Waals surface area contributed by atoms with Crippen molar-refractivity contribution in [1.29, 1.82) is 0 Å². The van der Waals surface area contributed by atoms with E-state index in [1.807, 2.05) is 0 Å². The largest absolute Gasteiger partial charge is 0.358 e. The van der Waals surface area contributed by atoms with Gasteiger partial charge in [-0.05, 0) is 0 Å². The zero-order valence-corrected chi connectivity index (χ0v) is 10.1. The molecule has 16 heavy (non-hydrogen) atoms. The van der Waals surface area contributed by atoms with Crippen LogP contribution in [0, 0.1) is 0 Å². The number of methoxy groups -OCH3 is 2. The van der Waals surface area contributed by atoms with E-state index < -0.39 is 6.29 Å². The molecule has 7 nitrogen and oxygen atoms in total. The maximum Gasteiger partial charge on any atom is 0.317 e. The maximum absolute atomic E-state index is 11.5. The summed E-state index contributed by atoms with van der Waals surface area (Å²) in [4.78, 5) is 23.9. The van der Waals surface area contributed by atoms with Gasteiger partial charge in [-0.1, -0.05) is 0 Å². The Labute approximate surface area is 95.1 Å². The van der Waals surface area contributed by atoms with Gasteiger partial charge in [-0.15, -0.1) is 0 Å². The molecule has 0 bridgehead atoms. The lowest BCUT2D eigenvalue weighted by molar-refractivity contribution is -0.126. The van der Waals surface area contributed by atoms with Crippen LogP contribution in [0.5, 0.6) is 0 Å². The Hall–Kier alpha value is -1.34. The Morgan fingerprint density at radius 3 is 2.12 bits per heavy atom. The summed E-state index contributed by atoms with van der Waals surface area (Å²) in [6.07, 6.45) is -0.554. The van der Waals surface area contributed by atoms with E-state index in [1.54, 1.807) is 0 Å². The Kier molecular flexibility index (Phi) is 7.23. The molecule has 2 N–H and O–H groups in total. The molecule has 0 aliphatic carbocycles. The van der Waals surface area contributed by atoms with Gasteiger partial charge in [0.15, 0.2) is 6.29 Å². The number of hydrogen-bond acceptors (Lipinski definition) is 4. The number of nitrogens with zero attached hydrogens (tertiary/aromatic N) is 1. The molecule has 0 aromatic rings. The van der Waals surface area contributed by atoms with Crippen molar-refractivity contribution in [2.45, 2.75) is 6.29 Å². The molecule has 0 atom stereocenters. The molecular weight excluding hydrogens is 214 g/mol. The first-order valence-corrected chi connectivity index (χ1v) is 4.81. The Balaban J connectivity index is 4.42. The van der Waals surface area contributed by atoms with Crippen molar-refractivity contribution in [3.63, 3.8) is 0 Å². The van der Waals surface area contributed by atoms with Crippen LogP contribution in [0.1, 0.15) is 0 Å². The van der Waals surface area contributed by atoms with E-state index >= 15 is 0 Å². The van der Waals surface area contributed by atoms with Crippen LogP contribution in [-0.4, -0.2) is 64.5 Å². The van der Waals surface area contributed by atoms with E-state index in [0.29, 0.717) is 0 Å². The molecule has 0 rings (SSSR count). The van der Waals surface area contributed by atoms with Gasteiger partial charge >= 0.3 is 6.03 Å². The van der Waals surface area contributed by atoms with Gasteiger partial charge < -0.3 is 25.0 Å². The molecule has 0 saturated heterocycles. The monoisotopic (exact) mass is 233 g/mol. The van der Waals surface area contributed by atoms with Crippen LogP contribution in [0.3, 0.4) is 0 Å². The second-order valence-corrected chi connectivity index (χ2v) is 3.01. The molecule has 0 heterocycles. The van der Waals surface area contributed by atoms with Crippen LogP contribution in [0.25, 0.3) is 0 Å². The van der Waals surface area contributed by atoms with E-state index in [2.05, 4.69) is 10.6 Å². The van der Waals surface area contributed by atoms with Gasteiger partial charge in [0, 0.05) is 28.3 Å². The first-order chi connectivity index (χ1) is 7.58. The summed E-state index contributed by atoms with van der Waals surface area (Å²) in [5, 5.41) is 4.89.